The second-order valence-electron chi connectivity index (χ2n) is 7.64. The molecule has 2 N–H and O–H groups in total. The maximum Gasteiger partial charge on any atom is 0.242 e. The van der Waals surface area contributed by atoms with Crippen LogP contribution in [0.3, 0.4) is 0 Å². The van der Waals surface area contributed by atoms with Crippen molar-refractivity contribution >= 4 is 35.8 Å². The third-order valence-electron chi connectivity index (χ3n) is 5.26. The SMILES string of the molecule is CCN(Cc1ccccc1)C(=O)CNC(=NC)NCc1ccccc1-n1nc(C)cc1C.I. The van der Waals surface area contributed by atoms with Crippen molar-refractivity contribution in [3.63, 3.8) is 0 Å². The normalized spacial score (nSPS) is 11.0. The van der Waals surface area contributed by atoms with Gasteiger partial charge in [0.2, 0.25) is 5.91 Å². The maximum atomic E-state index is 12.7. The summed E-state index contributed by atoms with van der Waals surface area (Å²) in [6.07, 6.45) is 0. The van der Waals surface area contributed by atoms with Crippen molar-refractivity contribution < 1.29 is 4.79 Å². The van der Waals surface area contributed by atoms with E-state index in [4.69, 9.17) is 0 Å². The molecule has 33 heavy (non-hydrogen) atoms. The molecule has 0 unspecified atom stereocenters. The first-order valence-corrected chi connectivity index (χ1v) is 10.9. The van der Waals surface area contributed by atoms with Crippen molar-refractivity contribution in [2.24, 2.45) is 4.99 Å². The zero-order valence-corrected chi connectivity index (χ0v) is 22.0. The number of likely N-dealkylation sites (N-methyl/N-ethyl adjacent to an activating group) is 1. The number of amides is 1. The van der Waals surface area contributed by atoms with Gasteiger partial charge in [0.05, 0.1) is 17.9 Å². The van der Waals surface area contributed by atoms with Crippen molar-refractivity contribution in [3.05, 3.63) is 83.2 Å². The Morgan fingerprint density at radius 3 is 2.39 bits per heavy atom. The fraction of sp³-hybridized carbons (Fsp3) is 0.320. The van der Waals surface area contributed by atoms with E-state index >= 15 is 0 Å². The van der Waals surface area contributed by atoms with Crippen LogP contribution < -0.4 is 10.6 Å². The standard InChI is InChI=1S/C25H32N6O.HI/c1-5-30(18-21-11-7-6-8-12-21)24(32)17-28-25(26-4)27-16-22-13-9-10-14-23(22)31-20(3)15-19(2)29-31;/h6-15H,5,16-18H2,1-4H3,(H2,26,27,28);1H. The van der Waals surface area contributed by atoms with Crippen LogP contribution in [0.15, 0.2) is 65.7 Å². The first kappa shape index (κ1) is 26.4. The number of carbonyl (C=O) groups is 1. The molecule has 0 radical (unpaired) electrons. The molecule has 0 aliphatic carbocycles. The van der Waals surface area contributed by atoms with Crippen molar-refractivity contribution in [2.45, 2.75) is 33.9 Å². The molecule has 8 heteroatoms. The summed E-state index contributed by atoms with van der Waals surface area (Å²) in [4.78, 5) is 18.8. The summed E-state index contributed by atoms with van der Waals surface area (Å²) in [5.41, 5.74) is 5.30. The number of carbonyl (C=O) groups excluding carboxylic acids is 1. The van der Waals surface area contributed by atoms with Gasteiger partial charge < -0.3 is 15.5 Å². The maximum absolute atomic E-state index is 12.7. The number of guanidine groups is 1. The number of benzene rings is 2. The quantitative estimate of drug-likeness (QED) is 0.250. The van der Waals surface area contributed by atoms with Crippen molar-refractivity contribution in [1.82, 2.24) is 25.3 Å². The molecule has 1 heterocycles. The number of hydrogen-bond donors (Lipinski definition) is 2. The second-order valence-corrected chi connectivity index (χ2v) is 7.64. The molecular weight excluding hydrogens is 527 g/mol. The number of halogens is 1. The first-order valence-electron chi connectivity index (χ1n) is 10.9. The van der Waals surface area contributed by atoms with Crippen LogP contribution in [0.1, 0.15) is 29.4 Å². The van der Waals surface area contributed by atoms with Crippen LogP contribution >= 0.6 is 24.0 Å². The van der Waals surface area contributed by atoms with E-state index in [1.165, 1.54) is 0 Å². The zero-order valence-electron chi connectivity index (χ0n) is 19.7. The fourth-order valence-corrected chi connectivity index (χ4v) is 3.59. The topological polar surface area (TPSA) is 74.6 Å². The first-order chi connectivity index (χ1) is 15.5. The average Bonchev–Trinajstić information content (AvgIpc) is 3.15. The molecule has 0 saturated heterocycles. The highest BCUT2D eigenvalue weighted by Gasteiger charge is 2.13. The molecular formula is C25H33IN6O. The Balaban J connectivity index is 0.00000385. The zero-order chi connectivity index (χ0) is 22.9. The number of rotatable bonds is 8. The summed E-state index contributed by atoms with van der Waals surface area (Å²) in [7, 11) is 1.70. The molecule has 0 spiro atoms. The smallest absolute Gasteiger partial charge is 0.242 e. The van der Waals surface area contributed by atoms with Crippen LogP contribution in [-0.2, 0) is 17.9 Å². The summed E-state index contributed by atoms with van der Waals surface area (Å²) < 4.78 is 1.95. The molecule has 3 aromatic rings. The van der Waals surface area contributed by atoms with Crippen molar-refractivity contribution in [1.29, 1.82) is 0 Å². The molecule has 2 aromatic carbocycles. The van der Waals surface area contributed by atoms with Gasteiger partial charge in [-0.3, -0.25) is 9.79 Å². The summed E-state index contributed by atoms with van der Waals surface area (Å²) in [5.74, 6) is 0.611. The lowest BCUT2D eigenvalue weighted by molar-refractivity contribution is -0.130. The molecule has 7 nitrogen and oxygen atoms in total. The van der Waals surface area contributed by atoms with E-state index in [0.717, 1.165) is 28.2 Å². The van der Waals surface area contributed by atoms with Gasteiger partial charge in [0.1, 0.15) is 0 Å². The molecule has 0 fully saturated rings. The van der Waals surface area contributed by atoms with E-state index in [2.05, 4.69) is 38.9 Å². The lowest BCUT2D eigenvalue weighted by Crippen LogP contribution is -2.44. The van der Waals surface area contributed by atoms with Gasteiger partial charge in [-0.25, -0.2) is 4.68 Å². The second kappa shape index (κ2) is 13.0. The van der Waals surface area contributed by atoms with Crippen LogP contribution in [0, 0.1) is 13.8 Å². The van der Waals surface area contributed by atoms with Gasteiger partial charge in [0.15, 0.2) is 5.96 Å². The minimum Gasteiger partial charge on any atom is -0.352 e. The minimum absolute atomic E-state index is 0. The molecule has 3 rings (SSSR count). The summed E-state index contributed by atoms with van der Waals surface area (Å²) in [6, 6.07) is 20.2. The molecule has 0 bridgehead atoms. The van der Waals surface area contributed by atoms with Gasteiger partial charge in [0.25, 0.3) is 0 Å². The molecule has 0 atom stereocenters. The number of nitrogens with zero attached hydrogens (tertiary/aromatic N) is 4. The van der Waals surface area contributed by atoms with E-state index in [0.29, 0.717) is 25.6 Å². The monoisotopic (exact) mass is 560 g/mol. The van der Waals surface area contributed by atoms with Gasteiger partial charge in [-0.15, -0.1) is 24.0 Å². The Hall–Kier alpha value is -2.88. The van der Waals surface area contributed by atoms with Crippen molar-refractivity contribution in [3.8, 4) is 5.69 Å². The van der Waals surface area contributed by atoms with E-state index in [-0.39, 0.29) is 36.4 Å². The summed E-state index contributed by atoms with van der Waals surface area (Å²) >= 11 is 0. The highest BCUT2D eigenvalue weighted by molar-refractivity contribution is 14.0. The van der Waals surface area contributed by atoms with Gasteiger partial charge in [-0.2, -0.15) is 5.10 Å². The van der Waals surface area contributed by atoms with Gasteiger partial charge >= 0.3 is 0 Å². The van der Waals surface area contributed by atoms with Crippen molar-refractivity contribution in [2.75, 3.05) is 20.1 Å². The predicted molar refractivity (Wildman–Crippen MR) is 144 cm³/mol. The lowest BCUT2D eigenvalue weighted by atomic mass is 10.1. The van der Waals surface area contributed by atoms with Crippen LogP contribution in [0.2, 0.25) is 0 Å². The third-order valence-corrected chi connectivity index (χ3v) is 5.26. The summed E-state index contributed by atoms with van der Waals surface area (Å²) in [6.45, 7) is 8.01. The number of hydrogen-bond acceptors (Lipinski definition) is 3. The number of nitrogens with one attached hydrogen (secondary N) is 2. The number of aromatic nitrogens is 2. The molecule has 1 aromatic heterocycles. The van der Waals surface area contributed by atoms with Gasteiger partial charge in [-0.05, 0) is 44.0 Å². The van der Waals surface area contributed by atoms with E-state index in [1.807, 2.05) is 72.8 Å². The highest BCUT2D eigenvalue weighted by Crippen LogP contribution is 2.16. The van der Waals surface area contributed by atoms with Gasteiger partial charge in [-0.1, -0.05) is 48.5 Å². The minimum atomic E-state index is 0. The predicted octanol–water partition coefficient (Wildman–Crippen LogP) is 3.82. The van der Waals surface area contributed by atoms with E-state index < -0.39 is 0 Å². The van der Waals surface area contributed by atoms with Crippen LogP contribution in [0.25, 0.3) is 5.69 Å². The Morgan fingerprint density at radius 1 is 1.06 bits per heavy atom. The molecule has 1 amide bonds. The molecule has 0 aliphatic heterocycles. The van der Waals surface area contributed by atoms with Crippen LogP contribution in [0.4, 0.5) is 0 Å². The van der Waals surface area contributed by atoms with Gasteiger partial charge in [0, 0.05) is 32.4 Å². The van der Waals surface area contributed by atoms with E-state index in [9.17, 15) is 4.79 Å². The number of aryl methyl sites for hydroxylation is 2. The Kier molecular flexibility index (Phi) is 10.4. The number of para-hydroxylation sites is 1. The Bertz CT molecular complexity index is 1060. The van der Waals surface area contributed by atoms with E-state index in [1.54, 1.807) is 7.05 Å². The third kappa shape index (κ3) is 7.31. The lowest BCUT2D eigenvalue weighted by Gasteiger charge is -2.22. The van der Waals surface area contributed by atoms with Crippen LogP contribution in [0.5, 0.6) is 0 Å². The Labute approximate surface area is 213 Å². The molecule has 0 saturated carbocycles. The summed E-state index contributed by atoms with van der Waals surface area (Å²) in [5, 5.41) is 11.1. The number of aliphatic imine (C=N–C) groups is 1. The Morgan fingerprint density at radius 2 is 1.76 bits per heavy atom. The fourth-order valence-electron chi connectivity index (χ4n) is 3.59. The molecule has 176 valence electrons. The molecule has 0 aliphatic rings. The largest absolute Gasteiger partial charge is 0.352 e. The average molecular weight is 560 g/mol. The van der Waals surface area contributed by atoms with Crippen LogP contribution in [-0.4, -0.2) is 46.7 Å². The highest BCUT2D eigenvalue weighted by atomic mass is 127.